The molecule has 1 aliphatic heterocycles. The Labute approximate surface area is 163 Å². The van der Waals surface area contributed by atoms with E-state index < -0.39 is 0 Å². The zero-order valence-electron chi connectivity index (χ0n) is 15.7. The number of rotatable bonds is 7. The van der Waals surface area contributed by atoms with Gasteiger partial charge in [-0.25, -0.2) is 4.98 Å². The SMILES string of the molecule is N#CCCCC(=O)N1CC=C(c2cc(N(C=O)C3CC3)nc3[nH]ccc23)CC1. The van der Waals surface area contributed by atoms with Gasteiger partial charge in [0.15, 0.2) is 0 Å². The first-order valence-corrected chi connectivity index (χ1v) is 9.77. The zero-order valence-corrected chi connectivity index (χ0v) is 15.7. The molecule has 144 valence electrons. The van der Waals surface area contributed by atoms with Gasteiger partial charge in [-0.05, 0) is 49.0 Å². The highest BCUT2D eigenvalue weighted by molar-refractivity contribution is 5.93. The summed E-state index contributed by atoms with van der Waals surface area (Å²) in [6.45, 7) is 1.24. The molecule has 0 unspecified atom stereocenters. The van der Waals surface area contributed by atoms with Crippen molar-refractivity contribution in [3.05, 3.63) is 30.0 Å². The molecule has 3 heterocycles. The average Bonchev–Trinajstić information content (AvgIpc) is 3.44. The first kappa shape index (κ1) is 18.2. The van der Waals surface area contributed by atoms with E-state index in [0.29, 0.717) is 38.2 Å². The monoisotopic (exact) mass is 377 g/mol. The summed E-state index contributed by atoms with van der Waals surface area (Å²) in [6.07, 6.45) is 9.08. The highest BCUT2D eigenvalue weighted by atomic mass is 16.2. The van der Waals surface area contributed by atoms with Crippen LogP contribution in [0.5, 0.6) is 0 Å². The molecule has 1 fully saturated rings. The maximum Gasteiger partial charge on any atom is 0.222 e. The van der Waals surface area contributed by atoms with E-state index in [9.17, 15) is 9.59 Å². The van der Waals surface area contributed by atoms with Crippen LogP contribution >= 0.6 is 0 Å². The Morgan fingerprint density at radius 1 is 1.46 bits per heavy atom. The average molecular weight is 377 g/mol. The Hall–Kier alpha value is -3.14. The van der Waals surface area contributed by atoms with E-state index in [4.69, 9.17) is 5.26 Å². The summed E-state index contributed by atoms with van der Waals surface area (Å²) in [5.74, 6) is 0.784. The van der Waals surface area contributed by atoms with Gasteiger partial charge in [-0.2, -0.15) is 5.26 Å². The first-order chi connectivity index (χ1) is 13.7. The molecule has 1 N–H and O–H groups in total. The van der Waals surface area contributed by atoms with Crippen molar-refractivity contribution in [2.24, 2.45) is 0 Å². The molecule has 0 aromatic carbocycles. The van der Waals surface area contributed by atoms with Crippen molar-refractivity contribution in [3.63, 3.8) is 0 Å². The summed E-state index contributed by atoms with van der Waals surface area (Å²) in [4.78, 5) is 35.2. The van der Waals surface area contributed by atoms with Crippen LogP contribution < -0.4 is 4.90 Å². The molecule has 0 spiro atoms. The summed E-state index contributed by atoms with van der Waals surface area (Å²) in [7, 11) is 0. The Morgan fingerprint density at radius 3 is 3.00 bits per heavy atom. The van der Waals surface area contributed by atoms with Gasteiger partial charge in [-0.15, -0.1) is 0 Å². The van der Waals surface area contributed by atoms with E-state index >= 15 is 0 Å². The van der Waals surface area contributed by atoms with E-state index in [-0.39, 0.29) is 11.9 Å². The minimum absolute atomic E-state index is 0.105. The summed E-state index contributed by atoms with van der Waals surface area (Å²) in [5.41, 5.74) is 3.03. The second-order valence-electron chi connectivity index (χ2n) is 7.34. The Balaban J connectivity index is 1.57. The molecular weight excluding hydrogens is 354 g/mol. The number of fused-ring (bicyclic) bond motifs is 1. The molecular formula is C21H23N5O2. The number of anilines is 1. The molecule has 0 radical (unpaired) electrons. The van der Waals surface area contributed by atoms with Crippen LogP contribution in [0.15, 0.2) is 24.4 Å². The minimum Gasteiger partial charge on any atom is -0.346 e. The normalized spacial score (nSPS) is 16.5. The molecule has 2 aliphatic rings. The molecule has 7 heteroatoms. The van der Waals surface area contributed by atoms with Gasteiger partial charge in [0.2, 0.25) is 12.3 Å². The molecule has 4 rings (SSSR count). The van der Waals surface area contributed by atoms with Crippen LogP contribution in [0, 0.1) is 11.3 Å². The molecule has 28 heavy (non-hydrogen) atoms. The van der Waals surface area contributed by atoms with E-state index in [0.717, 1.165) is 42.3 Å². The molecule has 2 aromatic heterocycles. The number of hydrogen-bond acceptors (Lipinski definition) is 4. The molecule has 1 aliphatic carbocycles. The van der Waals surface area contributed by atoms with Crippen LogP contribution in [0.1, 0.15) is 44.1 Å². The number of nitrogens with one attached hydrogen (secondary N) is 1. The number of hydrogen-bond donors (Lipinski definition) is 1. The zero-order chi connectivity index (χ0) is 19.5. The molecule has 2 amide bonds. The standard InChI is InChI=1S/C21H23N5O2/c22-9-2-1-3-20(28)25-11-7-15(8-12-25)18-13-19(26(14-27)16-4-5-16)24-21-17(18)6-10-23-21/h6-7,10,13-14,16H,1-5,8,11-12H2,(H,23,24). The van der Waals surface area contributed by atoms with E-state index in [1.54, 1.807) is 4.90 Å². The minimum atomic E-state index is 0.105. The Kier molecular flexibility index (Phi) is 5.11. The van der Waals surface area contributed by atoms with Crippen molar-refractivity contribution >= 4 is 34.7 Å². The fourth-order valence-corrected chi connectivity index (χ4v) is 3.72. The topological polar surface area (TPSA) is 93.1 Å². The lowest BCUT2D eigenvalue weighted by Crippen LogP contribution is -2.34. The summed E-state index contributed by atoms with van der Waals surface area (Å²) < 4.78 is 0. The number of aromatic nitrogens is 2. The van der Waals surface area contributed by atoms with E-state index in [1.165, 1.54) is 5.57 Å². The van der Waals surface area contributed by atoms with Crippen LogP contribution in [0.25, 0.3) is 16.6 Å². The third-order valence-electron chi connectivity index (χ3n) is 5.42. The maximum atomic E-state index is 12.3. The predicted octanol–water partition coefficient (Wildman–Crippen LogP) is 3.00. The highest BCUT2D eigenvalue weighted by Gasteiger charge is 2.31. The molecule has 2 aromatic rings. The molecule has 7 nitrogen and oxygen atoms in total. The number of carbonyl (C=O) groups excluding carboxylic acids is 2. The van der Waals surface area contributed by atoms with Gasteiger partial charge >= 0.3 is 0 Å². The van der Waals surface area contributed by atoms with Gasteiger partial charge in [0.05, 0.1) is 6.07 Å². The van der Waals surface area contributed by atoms with Crippen molar-refractivity contribution in [1.29, 1.82) is 5.26 Å². The van der Waals surface area contributed by atoms with Crippen molar-refractivity contribution in [2.45, 2.75) is 44.6 Å². The molecule has 0 saturated heterocycles. The summed E-state index contributed by atoms with van der Waals surface area (Å²) in [6, 6.07) is 6.34. The van der Waals surface area contributed by atoms with Gasteiger partial charge in [0.1, 0.15) is 11.5 Å². The smallest absolute Gasteiger partial charge is 0.222 e. The molecule has 0 bridgehead atoms. The number of nitrogens with zero attached hydrogens (tertiary/aromatic N) is 4. The quantitative estimate of drug-likeness (QED) is 0.593. The number of nitriles is 1. The second kappa shape index (κ2) is 7.85. The number of pyridine rings is 1. The fourth-order valence-electron chi connectivity index (χ4n) is 3.72. The number of aromatic amines is 1. The number of carbonyl (C=O) groups is 2. The fraction of sp³-hybridized carbons (Fsp3) is 0.429. The van der Waals surface area contributed by atoms with Crippen molar-refractivity contribution in [2.75, 3.05) is 18.0 Å². The lowest BCUT2D eigenvalue weighted by molar-refractivity contribution is -0.130. The van der Waals surface area contributed by atoms with E-state index in [2.05, 4.69) is 22.1 Å². The van der Waals surface area contributed by atoms with Crippen LogP contribution in [0.2, 0.25) is 0 Å². The lowest BCUT2D eigenvalue weighted by Gasteiger charge is -2.27. The van der Waals surface area contributed by atoms with Crippen molar-refractivity contribution < 1.29 is 9.59 Å². The van der Waals surface area contributed by atoms with E-state index in [1.807, 2.05) is 23.2 Å². The highest BCUT2D eigenvalue weighted by Crippen LogP contribution is 2.35. The van der Waals surface area contributed by atoms with Gasteiger partial charge in [-0.1, -0.05) is 6.08 Å². The lowest BCUT2D eigenvalue weighted by atomic mass is 9.97. The van der Waals surface area contributed by atoms with Gasteiger partial charge < -0.3 is 9.88 Å². The Morgan fingerprint density at radius 2 is 2.32 bits per heavy atom. The van der Waals surface area contributed by atoms with Crippen molar-refractivity contribution in [1.82, 2.24) is 14.9 Å². The predicted molar refractivity (Wildman–Crippen MR) is 106 cm³/mol. The summed E-state index contributed by atoms with van der Waals surface area (Å²) >= 11 is 0. The third kappa shape index (κ3) is 3.63. The second-order valence-corrected chi connectivity index (χ2v) is 7.34. The summed E-state index contributed by atoms with van der Waals surface area (Å²) in [5, 5.41) is 9.65. The third-order valence-corrected chi connectivity index (χ3v) is 5.42. The van der Waals surface area contributed by atoms with Crippen LogP contribution in [-0.4, -0.2) is 46.3 Å². The van der Waals surface area contributed by atoms with Crippen LogP contribution in [0.4, 0.5) is 5.82 Å². The van der Waals surface area contributed by atoms with Crippen molar-refractivity contribution in [3.8, 4) is 6.07 Å². The molecule has 0 atom stereocenters. The van der Waals surface area contributed by atoms with Gasteiger partial charge in [-0.3, -0.25) is 14.5 Å². The Bertz CT molecular complexity index is 967. The number of amides is 2. The van der Waals surface area contributed by atoms with Gasteiger partial charge in [0.25, 0.3) is 0 Å². The number of unbranched alkanes of at least 4 members (excludes halogenated alkanes) is 1. The first-order valence-electron chi connectivity index (χ1n) is 9.77. The maximum absolute atomic E-state index is 12.3. The largest absolute Gasteiger partial charge is 0.346 e. The molecule has 1 saturated carbocycles. The number of H-pyrrole nitrogens is 1. The van der Waals surface area contributed by atoms with Crippen LogP contribution in [-0.2, 0) is 9.59 Å². The van der Waals surface area contributed by atoms with Gasteiger partial charge in [0, 0.05) is 43.6 Å². The van der Waals surface area contributed by atoms with Crippen LogP contribution in [0.3, 0.4) is 0 Å².